The molecule has 2 aliphatic rings. The Balaban J connectivity index is 1.51. The van der Waals surface area contributed by atoms with E-state index < -0.39 is 12.4 Å². The Kier molecular flexibility index (Phi) is 8.97. The number of halogens is 4. The number of anilines is 1. The first-order valence-corrected chi connectivity index (χ1v) is 14.1. The molecule has 212 valence electrons. The van der Waals surface area contributed by atoms with Crippen molar-refractivity contribution >= 4 is 31.4 Å². The zero-order valence-corrected chi connectivity index (χ0v) is 23.3. The molecule has 1 aliphatic carbocycles. The lowest BCUT2D eigenvalue weighted by molar-refractivity contribution is -0.0500. The van der Waals surface area contributed by atoms with Gasteiger partial charge in [-0.05, 0) is 95.6 Å². The maximum Gasteiger partial charge on any atom is 0.387 e. The second-order valence-electron chi connectivity index (χ2n) is 10.2. The molecule has 0 spiro atoms. The molecule has 40 heavy (non-hydrogen) atoms. The number of allylic oxidation sites excluding steroid dienone is 1. The molecule has 0 aromatic heterocycles. The van der Waals surface area contributed by atoms with Gasteiger partial charge in [-0.2, -0.15) is 8.78 Å². The number of likely N-dealkylation sites (tertiary alicyclic amines) is 1. The molecule has 2 N–H and O–H groups in total. The number of rotatable bonds is 9. The van der Waals surface area contributed by atoms with Crippen LogP contribution in [0.25, 0.3) is 11.1 Å². The standard InChI is InChI=1S/C31H33F4N2O2P/c32-14-2-15-37-16-13-22(18-37)38-20-7-5-19(6-8-20)29-24(23-10-9-21(17-27(23)33)39-31(34)35)3-1-4-26-25(29)11-12-28(36)30(26)40/h5-12,17,22,31H,1-4,13-16,18,36,40H2. The number of benzene rings is 3. The third kappa shape index (κ3) is 6.29. The zero-order chi connectivity index (χ0) is 28.2. The minimum absolute atomic E-state index is 0.0459. The van der Waals surface area contributed by atoms with Crippen molar-refractivity contribution in [1.29, 1.82) is 0 Å². The SMILES string of the molecule is Nc1ccc2c(c1P)CCCC(c1ccc(OC(F)F)cc1F)=C2c1ccc(OC2CCN(CCCF)C2)cc1. The topological polar surface area (TPSA) is 47.7 Å². The van der Waals surface area contributed by atoms with E-state index in [2.05, 4.69) is 18.9 Å². The minimum Gasteiger partial charge on any atom is -0.489 e. The van der Waals surface area contributed by atoms with E-state index in [1.807, 2.05) is 36.4 Å². The average molecular weight is 573 g/mol. The summed E-state index contributed by atoms with van der Waals surface area (Å²) in [5.74, 6) is -0.0981. The third-order valence-corrected chi connectivity index (χ3v) is 8.27. The van der Waals surface area contributed by atoms with Crippen LogP contribution in [0.5, 0.6) is 11.5 Å². The van der Waals surface area contributed by atoms with Gasteiger partial charge in [0, 0.05) is 37.0 Å². The van der Waals surface area contributed by atoms with E-state index in [9.17, 15) is 13.2 Å². The summed E-state index contributed by atoms with van der Waals surface area (Å²) in [6, 6.07) is 15.5. The number of nitrogens with two attached hydrogens (primary N) is 1. The van der Waals surface area contributed by atoms with Crippen LogP contribution in [0.15, 0.2) is 54.6 Å². The molecule has 2 atom stereocenters. The highest BCUT2D eigenvalue weighted by atomic mass is 31.0. The first-order chi connectivity index (χ1) is 19.3. The van der Waals surface area contributed by atoms with E-state index in [0.29, 0.717) is 24.1 Å². The van der Waals surface area contributed by atoms with Gasteiger partial charge in [-0.3, -0.25) is 9.29 Å². The quantitative estimate of drug-likeness (QED) is 0.178. The predicted octanol–water partition coefficient (Wildman–Crippen LogP) is 6.62. The molecule has 9 heteroatoms. The van der Waals surface area contributed by atoms with Crippen molar-refractivity contribution in [3.8, 4) is 11.5 Å². The Labute approximate surface area is 234 Å². The van der Waals surface area contributed by atoms with E-state index >= 15 is 4.39 Å². The number of nitrogen functional groups attached to an aromatic ring is 1. The van der Waals surface area contributed by atoms with Crippen molar-refractivity contribution in [3.63, 3.8) is 0 Å². The highest BCUT2D eigenvalue weighted by Crippen LogP contribution is 2.42. The highest BCUT2D eigenvalue weighted by Gasteiger charge is 2.26. The van der Waals surface area contributed by atoms with Crippen molar-refractivity contribution in [3.05, 3.63) is 82.7 Å². The molecule has 0 radical (unpaired) electrons. The Morgan fingerprint density at radius 1 is 1.00 bits per heavy atom. The first-order valence-electron chi connectivity index (χ1n) is 13.5. The van der Waals surface area contributed by atoms with Crippen LogP contribution in [0.3, 0.4) is 0 Å². The minimum atomic E-state index is -3.03. The average Bonchev–Trinajstić information content (AvgIpc) is 3.28. The fourth-order valence-corrected chi connectivity index (χ4v) is 6.10. The maximum atomic E-state index is 15.4. The van der Waals surface area contributed by atoms with Crippen LogP contribution in [0, 0.1) is 5.82 Å². The van der Waals surface area contributed by atoms with Gasteiger partial charge in [0.2, 0.25) is 0 Å². The van der Waals surface area contributed by atoms with Gasteiger partial charge in [-0.1, -0.05) is 18.2 Å². The predicted molar refractivity (Wildman–Crippen MR) is 155 cm³/mol. The van der Waals surface area contributed by atoms with Gasteiger partial charge >= 0.3 is 6.61 Å². The molecule has 1 aliphatic heterocycles. The summed E-state index contributed by atoms with van der Waals surface area (Å²) in [4.78, 5) is 2.22. The monoisotopic (exact) mass is 572 g/mol. The second kappa shape index (κ2) is 12.6. The molecule has 1 saturated heterocycles. The van der Waals surface area contributed by atoms with Crippen molar-refractivity contribution in [2.24, 2.45) is 0 Å². The van der Waals surface area contributed by atoms with Crippen molar-refractivity contribution < 1.29 is 27.0 Å². The Morgan fingerprint density at radius 2 is 1.75 bits per heavy atom. The summed E-state index contributed by atoms with van der Waals surface area (Å²) < 4.78 is 64.0. The number of hydrogen-bond donors (Lipinski definition) is 1. The van der Waals surface area contributed by atoms with Crippen LogP contribution in [0.1, 0.15) is 47.9 Å². The molecule has 4 nitrogen and oxygen atoms in total. The smallest absolute Gasteiger partial charge is 0.387 e. The van der Waals surface area contributed by atoms with Crippen LogP contribution in [-0.2, 0) is 6.42 Å². The second-order valence-corrected chi connectivity index (χ2v) is 10.8. The summed E-state index contributed by atoms with van der Waals surface area (Å²) in [6.45, 7) is -0.943. The van der Waals surface area contributed by atoms with Gasteiger partial charge in [0.15, 0.2) is 0 Å². The van der Waals surface area contributed by atoms with E-state index in [0.717, 1.165) is 83.9 Å². The molecular formula is C31H33F4N2O2P. The molecule has 5 rings (SSSR count). The lowest BCUT2D eigenvalue weighted by Gasteiger charge is -2.20. The lowest BCUT2D eigenvalue weighted by atomic mass is 9.87. The number of hydrogen-bond acceptors (Lipinski definition) is 4. The number of alkyl halides is 3. The van der Waals surface area contributed by atoms with Crippen LogP contribution in [-0.4, -0.2) is 43.9 Å². The molecule has 1 heterocycles. The number of fused-ring (bicyclic) bond motifs is 1. The maximum absolute atomic E-state index is 15.4. The van der Waals surface area contributed by atoms with Crippen LogP contribution >= 0.6 is 9.24 Å². The van der Waals surface area contributed by atoms with Crippen LogP contribution in [0.2, 0.25) is 0 Å². The number of nitrogens with zero attached hydrogens (tertiary/aromatic N) is 1. The van der Waals surface area contributed by atoms with E-state index in [1.165, 1.54) is 12.1 Å². The van der Waals surface area contributed by atoms with Gasteiger partial charge in [-0.15, -0.1) is 9.24 Å². The van der Waals surface area contributed by atoms with Gasteiger partial charge in [0.05, 0.1) is 6.67 Å². The molecular weight excluding hydrogens is 539 g/mol. The third-order valence-electron chi connectivity index (χ3n) is 7.59. The Morgan fingerprint density at radius 3 is 2.48 bits per heavy atom. The highest BCUT2D eigenvalue weighted by molar-refractivity contribution is 7.28. The van der Waals surface area contributed by atoms with Crippen LogP contribution in [0.4, 0.5) is 23.2 Å². The molecule has 0 bridgehead atoms. The first kappa shape index (κ1) is 28.4. The normalized spacial score (nSPS) is 17.7. The fourth-order valence-electron chi connectivity index (χ4n) is 5.70. The van der Waals surface area contributed by atoms with E-state index in [-0.39, 0.29) is 18.5 Å². The number of ether oxygens (including phenoxy) is 2. The van der Waals surface area contributed by atoms with E-state index in [1.54, 1.807) is 0 Å². The molecule has 0 amide bonds. The summed E-state index contributed by atoms with van der Waals surface area (Å²) >= 11 is 0. The van der Waals surface area contributed by atoms with Gasteiger partial charge < -0.3 is 15.2 Å². The molecule has 0 saturated carbocycles. The fraction of sp³-hybridized carbons (Fsp3) is 0.355. The Hall–Kier alpha value is -3.09. The molecule has 3 aromatic rings. The van der Waals surface area contributed by atoms with Crippen molar-refractivity contribution in [2.75, 3.05) is 32.0 Å². The van der Waals surface area contributed by atoms with Gasteiger partial charge in [-0.25, -0.2) is 4.39 Å². The molecule has 1 fully saturated rings. The summed E-state index contributed by atoms with van der Waals surface area (Å²) in [7, 11) is 2.74. The van der Waals surface area contributed by atoms with Crippen molar-refractivity contribution in [2.45, 2.75) is 44.8 Å². The lowest BCUT2D eigenvalue weighted by Crippen LogP contribution is -2.26. The molecule has 2 unspecified atom stereocenters. The summed E-state index contributed by atoms with van der Waals surface area (Å²) in [6.07, 6.45) is 3.60. The van der Waals surface area contributed by atoms with E-state index in [4.69, 9.17) is 10.5 Å². The van der Waals surface area contributed by atoms with Gasteiger partial charge in [0.1, 0.15) is 23.4 Å². The summed E-state index contributed by atoms with van der Waals surface area (Å²) in [5, 5.41) is 0.927. The van der Waals surface area contributed by atoms with Gasteiger partial charge in [0.25, 0.3) is 0 Å². The van der Waals surface area contributed by atoms with Crippen LogP contribution < -0.4 is 20.5 Å². The summed E-state index contributed by atoms with van der Waals surface area (Å²) in [5.41, 5.74) is 11.9. The molecule has 3 aromatic carbocycles. The Bertz CT molecular complexity index is 1380. The largest absolute Gasteiger partial charge is 0.489 e. The zero-order valence-electron chi connectivity index (χ0n) is 22.1. The van der Waals surface area contributed by atoms with Crippen molar-refractivity contribution in [1.82, 2.24) is 4.90 Å².